The minimum absolute atomic E-state index is 0.0191. The van der Waals surface area contributed by atoms with Crippen molar-refractivity contribution in [2.75, 3.05) is 18.8 Å². The van der Waals surface area contributed by atoms with Crippen LogP contribution >= 0.6 is 12.2 Å². The summed E-state index contributed by atoms with van der Waals surface area (Å²) in [6.45, 7) is 3.20. The van der Waals surface area contributed by atoms with E-state index in [1.807, 2.05) is 6.92 Å². The summed E-state index contributed by atoms with van der Waals surface area (Å²) in [6.07, 6.45) is 0.463. The van der Waals surface area contributed by atoms with Crippen molar-refractivity contribution in [1.82, 2.24) is 10.6 Å². The third-order valence-electron chi connectivity index (χ3n) is 1.23. The molecule has 0 saturated heterocycles. The topological polar surface area (TPSA) is 84.2 Å². The van der Waals surface area contributed by atoms with Crippen molar-refractivity contribution >= 4 is 27.4 Å². The molecule has 4 N–H and O–H groups in total. The highest BCUT2D eigenvalue weighted by atomic mass is 32.2. The Morgan fingerprint density at radius 3 is 2.54 bits per heavy atom. The van der Waals surface area contributed by atoms with Crippen LogP contribution in [0.2, 0.25) is 0 Å². The fraction of sp³-hybridized carbons (Fsp3) is 0.833. The molecule has 0 aliphatic heterocycles. The van der Waals surface area contributed by atoms with E-state index in [4.69, 9.17) is 17.4 Å². The first-order chi connectivity index (χ1) is 5.95. The molecule has 78 valence electrons. The standard InChI is InChI=1S/C6H15N3O2S2/c1-2-8-6(12)9-4-3-5-13(7,10)11/h2-5H2,1H3,(H2,7,10,11)(H2,8,9,12). The van der Waals surface area contributed by atoms with Gasteiger partial charge in [0, 0.05) is 13.1 Å². The molecular formula is C6H15N3O2S2. The first-order valence-corrected chi connectivity index (χ1v) is 6.10. The minimum Gasteiger partial charge on any atom is -0.363 e. The highest BCUT2D eigenvalue weighted by Gasteiger charge is 2.01. The zero-order chi connectivity index (χ0) is 10.3. The fourth-order valence-electron chi connectivity index (χ4n) is 0.698. The predicted molar refractivity (Wildman–Crippen MR) is 56.9 cm³/mol. The Hall–Kier alpha value is -0.400. The molecule has 0 aliphatic rings. The van der Waals surface area contributed by atoms with E-state index in [0.717, 1.165) is 6.54 Å². The Morgan fingerprint density at radius 2 is 2.08 bits per heavy atom. The Balaban J connectivity index is 3.41. The molecule has 0 amide bonds. The Labute approximate surface area is 84.1 Å². The third kappa shape index (κ3) is 9.51. The van der Waals surface area contributed by atoms with Crippen LogP contribution in [0.4, 0.5) is 0 Å². The first kappa shape index (κ1) is 12.6. The van der Waals surface area contributed by atoms with Crippen molar-refractivity contribution in [2.24, 2.45) is 5.14 Å². The lowest BCUT2D eigenvalue weighted by atomic mass is 10.5. The van der Waals surface area contributed by atoms with E-state index in [1.165, 1.54) is 0 Å². The lowest BCUT2D eigenvalue weighted by Crippen LogP contribution is -2.36. The van der Waals surface area contributed by atoms with Gasteiger partial charge in [-0.05, 0) is 25.6 Å². The Kier molecular flexibility index (Phi) is 5.93. The quantitative estimate of drug-likeness (QED) is 0.419. The monoisotopic (exact) mass is 225 g/mol. The molecule has 5 nitrogen and oxygen atoms in total. The summed E-state index contributed by atoms with van der Waals surface area (Å²) in [4.78, 5) is 0. The zero-order valence-electron chi connectivity index (χ0n) is 7.54. The maximum absolute atomic E-state index is 10.5. The van der Waals surface area contributed by atoms with Crippen LogP contribution in [0.15, 0.2) is 0 Å². The number of primary sulfonamides is 1. The molecule has 0 atom stereocenters. The molecule has 0 fully saturated rings. The normalized spacial score (nSPS) is 10.9. The van der Waals surface area contributed by atoms with Gasteiger partial charge in [-0.1, -0.05) is 0 Å². The molecular weight excluding hydrogens is 210 g/mol. The highest BCUT2D eigenvalue weighted by molar-refractivity contribution is 7.89. The van der Waals surface area contributed by atoms with Gasteiger partial charge in [-0.2, -0.15) is 0 Å². The Bertz CT molecular complexity index is 251. The summed E-state index contributed by atoms with van der Waals surface area (Å²) in [5.41, 5.74) is 0. The SMILES string of the molecule is CCNC(=S)NCCCS(N)(=O)=O. The van der Waals surface area contributed by atoms with Crippen LogP contribution in [0.5, 0.6) is 0 Å². The summed E-state index contributed by atoms with van der Waals surface area (Å²) in [5.74, 6) is -0.0191. The molecule has 0 rings (SSSR count). The van der Waals surface area contributed by atoms with Gasteiger partial charge in [-0.25, -0.2) is 13.6 Å². The summed E-state index contributed by atoms with van der Waals surface area (Å²) in [6, 6.07) is 0. The molecule has 0 aromatic rings. The van der Waals surface area contributed by atoms with Crippen molar-refractivity contribution < 1.29 is 8.42 Å². The van der Waals surface area contributed by atoms with E-state index in [2.05, 4.69) is 10.6 Å². The average molecular weight is 225 g/mol. The minimum atomic E-state index is -3.34. The molecule has 0 heterocycles. The Morgan fingerprint density at radius 1 is 1.46 bits per heavy atom. The summed E-state index contributed by atoms with van der Waals surface area (Å²) in [5, 5.41) is 11.1. The molecule has 0 radical (unpaired) electrons. The molecule has 7 heteroatoms. The predicted octanol–water partition coefficient (Wildman–Crippen LogP) is -0.851. The van der Waals surface area contributed by atoms with E-state index in [-0.39, 0.29) is 5.75 Å². The lowest BCUT2D eigenvalue weighted by Gasteiger charge is -2.07. The largest absolute Gasteiger partial charge is 0.363 e. The first-order valence-electron chi connectivity index (χ1n) is 3.98. The molecule has 0 aromatic heterocycles. The van der Waals surface area contributed by atoms with Crippen molar-refractivity contribution in [3.63, 3.8) is 0 Å². The van der Waals surface area contributed by atoms with Gasteiger partial charge >= 0.3 is 0 Å². The maximum Gasteiger partial charge on any atom is 0.209 e. The van der Waals surface area contributed by atoms with Crippen molar-refractivity contribution in [3.8, 4) is 0 Å². The summed E-state index contributed by atoms with van der Waals surface area (Å²) in [7, 11) is -3.34. The second kappa shape index (κ2) is 6.11. The summed E-state index contributed by atoms with van der Waals surface area (Å²) < 4.78 is 21.0. The van der Waals surface area contributed by atoms with E-state index in [9.17, 15) is 8.42 Å². The second-order valence-electron chi connectivity index (χ2n) is 2.51. The number of nitrogens with two attached hydrogens (primary N) is 1. The van der Waals surface area contributed by atoms with E-state index >= 15 is 0 Å². The third-order valence-corrected chi connectivity index (χ3v) is 2.37. The second-order valence-corrected chi connectivity index (χ2v) is 4.65. The summed E-state index contributed by atoms with van der Waals surface area (Å²) >= 11 is 4.86. The smallest absolute Gasteiger partial charge is 0.209 e. The number of nitrogens with one attached hydrogen (secondary N) is 2. The maximum atomic E-state index is 10.5. The molecule has 0 unspecified atom stereocenters. The van der Waals surface area contributed by atoms with Gasteiger partial charge in [0.15, 0.2) is 5.11 Å². The number of hydrogen-bond acceptors (Lipinski definition) is 3. The highest BCUT2D eigenvalue weighted by Crippen LogP contribution is 1.83. The van der Waals surface area contributed by atoms with Gasteiger partial charge in [0.05, 0.1) is 5.75 Å². The van der Waals surface area contributed by atoms with Crippen LogP contribution in [0.25, 0.3) is 0 Å². The van der Waals surface area contributed by atoms with Gasteiger partial charge in [0.1, 0.15) is 0 Å². The zero-order valence-corrected chi connectivity index (χ0v) is 9.17. The van der Waals surface area contributed by atoms with Gasteiger partial charge in [0.25, 0.3) is 0 Å². The number of sulfonamides is 1. The van der Waals surface area contributed by atoms with Crippen LogP contribution in [-0.4, -0.2) is 32.4 Å². The number of thiocarbonyl (C=S) groups is 1. The van der Waals surface area contributed by atoms with Crippen LogP contribution in [0.3, 0.4) is 0 Å². The molecule has 0 aliphatic carbocycles. The average Bonchev–Trinajstić information content (AvgIpc) is 1.97. The lowest BCUT2D eigenvalue weighted by molar-refractivity contribution is 0.594. The fourth-order valence-corrected chi connectivity index (χ4v) is 1.49. The van der Waals surface area contributed by atoms with E-state index in [1.54, 1.807) is 0 Å². The van der Waals surface area contributed by atoms with Crippen LogP contribution in [0, 0.1) is 0 Å². The van der Waals surface area contributed by atoms with Crippen molar-refractivity contribution in [2.45, 2.75) is 13.3 Å². The molecule has 13 heavy (non-hydrogen) atoms. The molecule has 0 spiro atoms. The van der Waals surface area contributed by atoms with Crippen molar-refractivity contribution in [3.05, 3.63) is 0 Å². The van der Waals surface area contributed by atoms with Gasteiger partial charge in [-0.15, -0.1) is 0 Å². The van der Waals surface area contributed by atoms with Gasteiger partial charge in [-0.3, -0.25) is 0 Å². The molecule has 0 aromatic carbocycles. The van der Waals surface area contributed by atoms with E-state index in [0.29, 0.717) is 18.1 Å². The number of hydrogen-bond donors (Lipinski definition) is 3. The van der Waals surface area contributed by atoms with Crippen molar-refractivity contribution in [1.29, 1.82) is 0 Å². The van der Waals surface area contributed by atoms with Gasteiger partial charge < -0.3 is 10.6 Å². The van der Waals surface area contributed by atoms with E-state index < -0.39 is 10.0 Å². The number of rotatable bonds is 5. The van der Waals surface area contributed by atoms with Gasteiger partial charge in [0.2, 0.25) is 10.0 Å². The molecule has 0 saturated carbocycles. The van der Waals surface area contributed by atoms with Crippen LogP contribution in [-0.2, 0) is 10.0 Å². The van der Waals surface area contributed by atoms with Crippen LogP contribution < -0.4 is 15.8 Å². The molecule has 0 bridgehead atoms. The van der Waals surface area contributed by atoms with Crippen LogP contribution in [0.1, 0.15) is 13.3 Å².